The molecule has 0 fully saturated rings. The van der Waals surface area contributed by atoms with Crippen LogP contribution in [0.3, 0.4) is 0 Å². The summed E-state index contributed by atoms with van der Waals surface area (Å²) in [6.45, 7) is 0. The molecule has 0 radical (unpaired) electrons. The van der Waals surface area contributed by atoms with E-state index in [-0.39, 0.29) is 0 Å². The second-order valence-corrected chi connectivity index (χ2v) is 4.12. The molecular weight excluding hydrogens is 232 g/mol. The van der Waals surface area contributed by atoms with E-state index >= 15 is 0 Å². The molecule has 2 heterocycles. The number of rotatable bonds is 3. The summed E-state index contributed by atoms with van der Waals surface area (Å²) >= 11 is 1.69. The molecule has 0 saturated heterocycles. The van der Waals surface area contributed by atoms with E-state index in [1.807, 2.05) is 0 Å². The molecule has 0 amide bonds. The minimum Gasteiger partial charge on any atom is -0.229 e. The molecule has 1 aromatic rings. The summed E-state index contributed by atoms with van der Waals surface area (Å²) < 4.78 is 23.9. The predicted molar refractivity (Wildman–Crippen MR) is 51.6 cm³/mol. The monoisotopic (exact) mass is 237 g/mol. The number of hydrogen-bond acceptors (Lipinski definition) is 6. The topological polar surface area (TPSA) is 37.7 Å². The molecule has 8 heteroatoms. The smallest absolute Gasteiger partial charge is 0.229 e. The lowest BCUT2D eigenvalue weighted by molar-refractivity contribution is 0.143. The maximum Gasteiger partial charge on any atom is 0.288 e. The van der Waals surface area contributed by atoms with Crippen LogP contribution in [-0.2, 0) is 4.84 Å². The minimum atomic E-state index is -2.49. The molecule has 4 nitrogen and oxygen atoms in total. The maximum atomic E-state index is 11.9. The van der Waals surface area contributed by atoms with Crippen LogP contribution in [-0.4, -0.2) is 22.6 Å². The van der Waals surface area contributed by atoms with Crippen LogP contribution in [0.15, 0.2) is 16.6 Å². The van der Waals surface area contributed by atoms with E-state index in [2.05, 4.69) is 9.98 Å². The number of hydrogen-bond donors (Lipinski definition) is 0. The largest absolute Gasteiger partial charge is 0.288 e. The first kappa shape index (κ1) is 9.81. The Morgan fingerprint density at radius 1 is 1.64 bits per heavy atom. The second kappa shape index (κ2) is 4.20. The van der Waals surface area contributed by atoms with Crippen LogP contribution in [0, 0.1) is 0 Å². The van der Waals surface area contributed by atoms with Gasteiger partial charge in [0.25, 0.3) is 5.76 Å². The third-order valence-corrected chi connectivity index (χ3v) is 2.72. The molecule has 0 saturated carbocycles. The molecule has 0 aromatic carbocycles. The molecule has 0 spiro atoms. The first-order chi connectivity index (χ1) is 6.75. The molecule has 76 valence electrons. The van der Waals surface area contributed by atoms with Crippen molar-refractivity contribution in [3.63, 3.8) is 0 Å². The van der Waals surface area contributed by atoms with Crippen molar-refractivity contribution in [2.75, 3.05) is 5.06 Å². The SMILES string of the molecule is FC(F)SC1N=CN(c2nccs2)O1. The molecule has 0 N–H and O–H groups in total. The first-order valence-corrected chi connectivity index (χ1v) is 5.40. The molecule has 0 bridgehead atoms. The molecule has 1 aliphatic rings. The number of anilines is 1. The van der Waals surface area contributed by atoms with Gasteiger partial charge in [0, 0.05) is 11.6 Å². The summed E-state index contributed by atoms with van der Waals surface area (Å²) in [6, 6.07) is 0. The Kier molecular flexibility index (Phi) is 2.94. The Balaban J connectivity index is 1.93. The third kappa shape index (κ3) is 2.20. The maximum absolute atomic E-state index is 11.9. The summed E-state index contributed by atoms with van der Waals surface area (Å²) in [5, 5.41) is 3.62. The van der Waals surface area contributed by atoms with Gasteiger partial charge in [-0.1, -0.05) is 0 Å². The number of nitrogens with zero attached hydrogens (tertiary/aromatic N) is 3. The van der Waals surface area contributed by atoms with E-state index in [1.165, 1.54) is 22.7 Å². The number of alkyl halides is 2. The average molecular weight is 237 g/mol. The molecule has 1 atom stereocenters. The summed E-state index contributed by atoms with van der Waals surface area (Å²) in [5.41, 5.74) is -0.876. The fourth-order valence-corrected chi connectivity index (χ4v) is 1.84. The number of hydroxylamine groups is 1. The molecule has 2 rings (SSSR count). The van der Waals surface area contributed by atoms with Crippen molar-refractivity contribution in [2.45, 2.75) is 11.3 Å². The Bertz CT molecular complexity index is 319. The van der Waals surface area contributed by atoms with Crippen molar-refractivity contribution >= 4 is 34.6 Å². The lowest BCUT2D eigenvalue weighted by atomic mass is 11.0. The zero-order valence-corrected chi connectivity index (χ0v) is 8.34. The highest BCUT2D eigenvalue weighted by Crippen LogP contribution is 2.28. The number of aliphatic imine (C=N–C) groups is 1. The van der Waals surface area contributed by atoms with Gasteiger partial charge in [0.15, 0.2) is 0 Å². The van der Waals surface area contributed by atoms with Gasteiger partial charge in [0.1, 0.15) is 6.34 Å². The van der Waals surface area contributed by atoms with Gasteiger partial charge in [0.2, 0.25) is 10.7 Å². The van der Waals surface area contributed by atoms with Crippen molar-refractivity contribution in [1.82, 2.24) is 4.98 Å². The van der Waals surface area contributed by atoms with Crippen molar-refractivity contribution < 1.29 is 13.6 Å². The van der Waals surface area contributed by atoms with Gasteiger partial charge in [-0.15, -0.1) is 11.3 Å². The van der Waals surface area contributed by atoms with Crippen molar-refractivity contribution in [3.8, 4) is 0 Å². The van der Waals surface area contributed by atoms with Gasteiger partial charge in [-0.2, -0.15) is 13.8 Å². The van der Waals surface area contributed by atoms with Gasteiger partial charge >= 0.3 is 0 Å². The standard InChI is InChI=1S/C6H5F2N3OS2/c7-4(8)14-6-10-3-11(12-6)5-9-1-2-13-5/h1-4,6H. The fraction of sp³-hybridized carbons (Fsp3) is 0.333. The molecular formula is C6H5F2N3OS2. The van der Waals surface area contributed by atoms with Crippen LogP contribution >= 0.6 is 23.1 Å². The molecule has 0 aliphatic carbocycles. The van der Waals surface area contributed by atoms with E-state index in [1.54, 1.807) is 11.6 Å². The highest BCUT2D eigenvalue weighted by Gasteiger charge is 2.24. The normalized spacial score (nSPS) is 21.1. The van der Waals surface area contributed by atoms with Crippen molar-refractivity contribution in [3.05, 3.63) is 11.6 Å². The van der Waals surface area contributed by atoms with Crippen molar-refractivity contribution in [1.29, 1.82) is 0 Å². The number of thioether (sulfide) groups is 1. The highest BCUT2D eigenvalue weighted by atomic mass is 32.2. The molecule has 1 aliphatic heterocycles. The summed E-state index contributed by atoms with van der Waals surface area (Å²) in [4.78, 5) is 12.7. The quantitative estimate of drug-likeness (QED) is 0.807. The van der Waals surface area contributed by atoms with E-state index in [0.717, 1.165) is 0 Å². The lowest BCUT2D eigenvalue weighted by Crippen LogP contribution is -2.18. The zero-order chi connectivity index (χ0) is 9.97. The van der Waals surface area contributed by atoms with Gasteiger partial charge in [-0.3, -0.25) is 0 Å². The fourth-order valence-electron chi connectivity index (χ4n) is 0.834. The Morgan fingerprint density at radius 3 is 3.14 bits per heavy atom. The second-order valence-electron chi connectivity index (χ2n) is 2.21. The molecule has 14 heavy (non-hydrogen) atoms. The van der Waals surface area contributed by atoms with Gasteiger partial charge in [-0.05, 0) is 11.8 Å². The van der Waals surface area contributed by atoms with Gasteiger partial charge in [-0.25, -0.2) is 14.8 Å². The highest BCUT2D eigenvalue weighted by molar-refractivity contribution is 8.00. The zero-order valence-electron chi connectivity index (χ0n) is 6.71. The van der Waals surface area contributed by atoms with Crippen LogP contribution < -0.4 is 5.06 Å². The van der Waals surface area contributed by atoms with Gasteiger partial charge < -0.3 is 0 Å². The van der Waals surface area contributed by atoms with E-state index in [9.17, 15) is 8.78 Å². The third-order valence-electron chi connectivity index (χ3n) is 1.32. The van der Waals surface area contributed by atoms with Crippen LogP contribution in [0.25, 0.3) is 0 Å². The lowest BCUT2D eigenvalue weighted by Gasteiger charge is -2.11. The summed E-state index contributed by atoms with van der Waals surface area (Å²) in [7, 11) is 0. The molecule has 1 unspecified atom stereocenters. The predicted octanol–water partition coefficient (Wildman–Crippen LogP) is 2.16. The average Bonchev–Trinajstić information content (AvgIpc) is 2.69. The summed E-state index contributed by atoms with van der Waals surface area (Å²) in [5.74, 6) is -2.49. The van der Waals surface area contributed by atoms with E-state index < -0.39 is 11.3 Å². The Labute approximate surface area is 86.6 Å². The first-order valence-electron chi connectivity index (χ1n) is 3.58. The van der Waals surface area contributed by atoms with E-state index in [4.69, 9.17) is 4.84 Å². The van der Waals surface area contributed by atoms with Crippen LogP contribution in [0.2, 0.25) is 0 Å². The van der Waals surface area contributed by atoms with Crippen molar-refractivity contribution in [2.24, 2.45) is 4.99 Å². The Morgan fingerprint density at radius 2 is 2.50 bits per heavy atom. The minimum absolute atomic E-state index is 0.345. The van der Waals surface area contributed by atoms with Crippen LogP contribution in [0.5, 0.6) is 0 Å². The van der Waals surface area contributed by atoms with Crippen LogP contribution in [0.4, 0.5) is 13.9 Å². The summed E-state index contributed by atoms with van der Waals surface area (Å²) in [6.07, 6.45) is 2.95. The number of halogens is 2. The van der Waals surface area contributed by atoms with Gasteiger partial charge in [0.05, 0.1) is 0 Å². The Hall–Kier alpha value is -0.730. The van der Waals surface area contributed by atoms with Crippen LogP contribution in [0.1, 0.15) is 0 Å². The number of thiazole rings is 1. The number of aromatic nitrogens is 1. The molecule has 1 aromatic heterocycles. The van der Waals surface area contributed by atoms with E-state index in [0.29, 0.717) is 16.9 Å².